The van der Waals surface area contributed by atoms with Crippen molar-refractivity contribution in [3.8, 4) is 0 Å². The average Bonchev–Trinajstić information content (AvgIpc) is 2.17. The summed E-state index contributed by atoms with van der Waals surface area (Å²) in [5.74, 6) is -0.573. The van der Waals surface area contributed by atoms with Crippen LogP contribution in [0, 0.1) is 11.2 Å². The number of rotatable bonds is 3. The minimum Gasteiger partial charge on any atom is -0.329 e. The Morgan fingerprint density at radius 3 is 2.53 bits per heavy atom. The van der Waals surface area contributed by atoms with Gasteiger partial charge in [0.1, 0.15) is 5.82 Å². The third kappa shape index (κ3) is 1.57. The fourth-order valence-corrected chi connectivity index (χ4v) is 2.06. The quantitative estimate of drug-likeness (QED) is 0.771. The molecule has 2 rings (SSSR count). The van der Waals surface area contributed by atoms with Crippen LogP contribution in [0.2, 0.25) is 0 Å². The molecule has 0 bridgehead atoms. The maximum absolute atomic E-state index is 13.4. The van der Waals surface area contributed by atoms with E-state index in [-0.39, 0.29) is 11.3 Å². The number of Topliss-reactive ketones (excluding diaryl/α,β-unsaturated/α-hetero) is 1. The van der Waals surface area contributed by atoms with E-state index < -0.39 is 11.2 Å². The van der Waals surface area contributed by atoms with Crippen LogP contribution >= 0.6 is 0 Å². The Kier molecular flexibility index (Phi) is 2.57. The van der Waals surface area contributed by atoms with Crippen molar-refractivity contribution in [1.29, 1.82) is 0 Å². The van der Waals surface area contributed by atoms with Gasteiger partial charge in [-0.1, -0.05) is 18.6 Å². The second kappa shape index (κ2) is 3.74. The van der Waals surface area contributed by atoms with E-state index in [9.17, 15) is 9.18 Å². The van der Waals surface area contributed by atoms with Crippen LogP contribution in [-0.2, 0) is 0 Å². The van der Waals surface area contributed by atoms with Crippen molar-refractivity contribution < 1.29 is 9.18 Å². The molecule has 0 radical (unpaired) electrons. The molecule has 1 saturated carbocycles. The Morgan fingerprint density at radius 2 is 2.07 bits per heavy atom. The molecule has 1 aromatic carbocycles. The number of ketones is 1. The molecule has 2 nitrogen and oxygen atoms in total. The normalized spacial score (nSPS) is 18.3. The molecule has 1 fully saturated rings. The first-order valence-electron chi connectivity index (χ1n) is 5.19. The van der Waals surface area contributed by atoms with Gasteiger partial charge in [-0.2, -0.15) is 0 Å². The van der Waals surface area contributed by atoms with E-state index >= 15 is 0 Å². The molecule has 1 aromatic rings. The Balaban J connectivity index is 2.32. The molecule has 1 aliphatic carbocycles. The van der Waals surface area contributed by atoms with E-state index in [1.165, 1.54) is 12.1 Å². The van der Waals surface area contributed by atoms with Gasteiger partial charge in [-0.15, -0.1) is 0 Å². The second-order valence-corrected chi connectivity index (χ2v) is 4.15. The Hall–Kier alpha value is -1.22. The highest BCUT2D eigenvalue weighted by molar-refractivity contribution is 6.01. The second-order valence-electron chi connectivity index (χ2n) is 4.15. The van der Waals surface area contributed by atoms with Gasteiger partial charge in [0.2, 0.25) is 0 Å². The monoisotopic (exact) mass is 207 g/mol. The van der Waals surface area contributed by atoms with E-state index in [0.717, 1.165) is 19.3 Å². The Labute approximate surface area is 88.3 Å². The average molecular weight is 207 g/mol. The number of nitrogens with two attached hydrogens (primary N) is 1. The van der Waals surface area contributed by atoms with Crippen molar-refractivity contribution in [1.82, 2.24) is 0 Å². The van der Waals surface area contributed by atoms with E-state index in [0.29, 0.717) is 6.54 Å². The number of carbonyl (C=O) groups excluding carboxylic acids is 1. The zero-order valence-electron chi connectivity index (χ0n) is 8.50. The van der Waals surface area contributed by atoms with Gasteiger partial charge in [0.05, 0.1) is 5.56 Å². The van der Waals surface area contributed by atoms with Gasteiger partial charge in [0.25, 0.3) is 0 Å². The van der Waals surface area contributed by atoms with Gasteiger partial charge in [0.15, 0.2) is 5.78 Å². The summed E-state index contributed by atoms with van der Waals surface area (Å²) < 4.78 is 13.4. The first-order chi connectivity index (χ1) is 7.19. The standard InChI is InChI=1S/C12H14FNO/c13-10-5-2-1-4-9(10)11(15)12(8-14)6-3-7-12/h1-2,4-5H,3,6-8,14H2. The van der Waals surface area contributed by atoms with Gasteiger partial charge >= 0.3 is 0 Å². The molecular weight excluding hydrogens is 193 g/mol. The summed E-state index contributed by atoms with van der Waals surface area (Å²) in [7, 11) is 0. The van der Waals surface area contributed by atoms with Gasteiger partial charge in [-0.3, -0.25) is 4.79 Å². The molecule has 15 heavy (non-hydrogen) atoms. The van der Waals surface area contributed by atoms with Crippen molar-refractivity contribution in [2.24, 2.45) is 11.1 Å². The van der Waals surface area contributed by atoms with Gasteiger partial charge in [-0.05, 0) is 25.0 Å². The van der Waals surface area contributed by atoms with Crippen LogP contribution in [0.4, 0.5) is 4.39 Å². The smallest absolute Gasteiger partial charge is 0.173 e. The third-order valence-electron chi connectivity index (χ3n) is 3.30. The SMILES string of the molecule is NCC1(C(=O)c2ccccc2F)CCC1. The highest BCUT2D eigenvalue weighted by atomic mass is 19.1. The number of carbonyl (C=O) groups is 1. The van der Waals surface area contributed by atoms with Gasteiger partial charge in [-0.25, -0.2) is 4.39 Å². The molecule has 2 N–H and O–H groups in total. The first-order valence-corrected chi connectivity index (χ1v) is 5.19. The van der Waals surface area contributed by atoms with Crippen molar-refractivity contribution in [2.75, 3.05) is 6.54 Å². The lowest BCUT2D eigenvalue weighted by Crippen LogP contribution is -2.44. The fourth-order valence-electron chi connectivity index (χ4n) is 2.06. The molecule has 80 valence electrons. The molecular formula is C12H14FNO. The molecule has 0 unspecified atom stereocenters. The minimum atomic E-state index is -0.484. The van der Waals surface area contributed by atoms with Crippen LogP contribution in [-0.4, -0.2) is 12.3 Å². The van der Waals surface area contributed by atoms with Crippen LogP contribution in [0.5, 0.6) is 0 Å². The predicted octanol–water partition coefficient (Wildman–Crippen LogP) is 2.14. The molecule has 0 saturated heterocycles. The van der Waals surface area contributed by atoms with Crippen LogP contribution in [0.25, 0.3) is 0 Å². The summed E-state index contributed by atoms with van der Waals surface area (Å²) in [5, 5.41) is 0. The van der Waals surface area contributed by atoms with Crippen molar-refractivity contribution in [3.05, 3.63) is 35.6 Å². The number of benzene rings is 1. The minimum absolute atomic E-state index is 0.130. The molecule has 3 heteroatoms. The maximum atomic E-state index is 13.4. The van der Waals surface area contributed by atoms with Crippen LogP contribution in [0.15, 0.2) is 24.3 Å². The summed E-state index contributed by atoms with van der Waals surface area (Å²) in [5.41, 5.74) is 5.31. The summed E-state index contributed by atoms with van der Waals surface area (Å²) in [4.78, 5) is 12.1. The number of hydrogen-bond donors (Lipinski definition) is 1. The van der Waals surface area contributed by atoms with Crippen molar-refractivity contribution in [3.63, 3.8) is 0 Å². The number of hydrogen-bond acceptors (Lipinski definition) is 2. The van der Waals surface area contributed by atoms with Gasteiger partial charge < -0.3 is 5.73 Å². The molecule has 0 heterocycles. The maximum Gasteiger partial charge on any atom is 0.173 e. The van der Waals surface area contributed by atoms with E-state index in [1.807, 2.05) is 0 Å². The molecule has 0 spiro atoms. The zero-order valence-corrected chi connectivity index (χ0v) is 8.50. The molecule has 0 aromatic heterocycles. The van der Waals surface area contributed by atoms with Crippen LogP contribution in [0.3, 0.4) is 0 Å². The molecule has 0 atom stereocenters. The molecule has 0 amide bonds. The first kappa shape index (κ1) is 10.3. The van der Waals surface area contributed by atoms with Crippen molar-refractivity contribution >= 4 is 5.78 Å². The lowest BCUT2D eigenvalue weighted by molar-refractivity contribution is 0.0631. The van der Waals surface area contributed by atoms with Gasteiger partial charge in [0, 0.05) is 12.0 Å². The van der Waals surface area contributed by atoms with E-state index in [2.05, 4.69) is 0 Å². The molecule has 0 aliphatic heterocycles. The van der Waals surface area contributed by atoms with E-state index in [4.69, 9.17) is 5.73 Å². The van der Waals surface area contributed by atoms with Crippen LogP contribution in [0.1, 0.15) is 29.6 Å². The van der Waals surface area contributed by atoms with E-state index in [1.54, 1.807) is 12.1 Å². The van der Waals surface area contributed by atoms with Crippen LogP contribution < -0.4 is 5.73 Å². The summed E-state index contributed by atoms with van der Waals surface area (Å²) in [6.45, 7) is 0.320. The lowest BCUT2D eigenvalue weighted by Gasteiger charge is -2.39. The van der Waals surface area contributed by atoms with Crippen molar-refractivity contribution in [2.45, 2.75) is 19.3 Å². The zero-order chi connectivity index (χ0) is 10.9. The fraction of sp³-hybridized carbons (Fsp3) is 0.417. The Morgan fingerprint density at radius 1 is 1.40 bits per heavy atom. The third-order valence-corrected chi connectivity index (χ3v) is 3.30. The predicted molar refractivity (Wildman–Crippen MR) is 56.1 cm³/mol. The highest BCUT2D eigenvalue weighted by Gasteiger charge is 2.43. The summed E-state index contributed by atoms with van der Waals surface area (Å²) in [6.07, 6.45) is 2.59. The number of halogens is 1. The largest absolute Gasteiger partial charge is 0.329 e. The topological polar surface area (TPSA) is 43.1 Å². The highest BCUT2D eigenvalue weighted by Crippen LogP contribution is 2.42. The summed E-state index contributed by atoms with van der Waals surface area (Å²) in [6, 6.07) is 6.12. The lowest BCUT2D eigenvalue weighted by atomic mass is 9.64. The molecule has 1 aliphatic rings. The summed E-state index contributed by atoms with van der Waals surface area (Å²) >= 11 is 0. The Bertz CT molecular complexity index is 379.